The Kier molecular flexibility index (Phi) is 3.66. The molecule has 3 nitrogen and oxygen atoms in total. The van der Waals surface area contributed by atoms with Crippen LogP contribution >= 0.6 is 11.8 Å². The maximum atomic E-state index is 6.02. The van der Waals surface area contributed by atoms with E-state index in [0.29, 0.717) is 11.7 Å². The molecule has 0 aliphatic heterocycles. The Hall–Kier alpha value is -1.55. The number of nitrogens with zero attached hydrogens (tertiary/aromatic N) is 2. The number of aromatic nitrogens is 2. The van der Waals surface area contributed by atoms with Crippen molar-refractivity contribution in [2.75, 3.05) is 5.73 Å². The minimum atomic E-state index is 0.538. The zero-order valence-electron chi connectivity index (χ0n) is 11.9. The first kappa shape index (κ1) is 13.4. The molecule has 1 saturated carbocycles. The summed E-state index contributed by atoms with van der Waals surface area (Å²) in [5.74, 6) is 3.02. The van der Waals surface area contributed by atoms with Crippen LogP contribution in [0.3, 0.4) is 0 Å². The first-order valence-electron chi connectivity index (χ1n) is 6.96. The van der Waals surface area contributed by atoms with Crippen LogP contribution in [0, 0.1) is 13.8 Å². The summed E-state index contributed by atoms with van der Waals surface area (Å²) in [4.78, 5) is 9.12. The van der Waals surface area contributed by atoms with Crippen molar-refractivity contribution >= 4 is 17.6 Å². The van der Waals surface area contributed by atoms with Crippen LogP contribution in [0.5, 0.6) is 0 Å². The molecule has 2 N–H and O–H groups in total. The maximum absolute atomic E-state index is 6.02. The van der Waals surface area contributed by atoms with Gasteiger partial charge in [-0.25, -0.2) is 9.97 Å². The van der Waals surface area contributed by atoms with Gasteiger partial charge in [-0.3, -0.25) is 0 Å². The van der Waals surface area contributed by atoms with E-state index in [-0.39, 0.29) is 0 Å². The van der Waals surface area contributed by atoms with E-state index in [1.807, 2.05) is 6.92 Å². The van der Waals surface area contributed by atoms with Gasteiger partial charge in [0.2, 0.25) is 0 Å². The lowest BCUT2D eigenvalue weighted by Crippen LogP contribution is -2.03. The Bertz CT molecular complexity index is 636. The van der Waals surface area contributed by atoms with Gasteiger partial charge < -0.3 is 5.73 Å². The molecule has 1 aliphatic rings. The van der Waals surface area contributed by atoms with Crippen LogP contribution in [0.2, 0.25) is 0 Å². The lowest BCUT2D eigenvalue weighted by atomic mass is 10.2. The number of aryl methyl sites for hydroxylation is 1. The average Bonchev–Trinajstić information content (AvgIpc) is 3.25. The number of rotatable bonds is 4. The van der Waals surface area contributed by atoms with Gasteiger partial charge in [0.1, 0.15) is 16.7 Å². The molecule has 2 aromatic rings. The molecule has 3 rings (SSSR count). The Balaban J connectivity index is 1.79. The molecular formula is C16H19N3S. The predicted molar refractivity (Wildman–Crippen MR) is 83.9 cm³/mol. The molecule has 104 valence electrons. The van der Waals surface area contributed by atoms with Gasteiger partial charge in [0.25, 0.3) is 0 Å². The summed E-state index contributed by atoms with van der Waals surface area (Å²) in [7, 11) is 0. The summed E-state index contributed by atoms with van der Waals surface area (Å²) < 4.78 is 0. The highest BCUT2D eigenvalue weighted by atomic mass is 32.2. The molecule has 0 radical (unpaired) electrons. The molecule has 0 bridgehead atoms. The molecule has 1 aromatic carbocycles. The quantitative estimate of drug-likeness (QED) is 0.685. The predicted octanol–water partition coefficient (Wildman–Crippen LogP) is 3.85. The average molecular weight is 285 g/mol. The molecule has 0 saturated heterocycles. The minimum absolute atomic E-state index is 0.538. The monoisotopic (exact) mass is 285 g/mol. The second kappa shape index (κ2) is 5.44. The molecule has 4 heteroatoms. The van der Waals surface area contributed by atoms with Crippen LogP contribution in [0.25, 0.3) is 0 Å². The van der Waals surface area contributed by atoms with Crippen molar-refractivity contribution in [3.05, 3.63) is 46.8 Å². The van der Waals surface area contributed by atoms with Crippen molar-refractivity contribution < 1.29 is 0 Å². The second-order valence-electron chi connectivity index (χ2n) is 5.45. The van der Waals surface area contributed by atoms with Crippen LogP contribution in [0.4, 0.5) is 5.82 Å². The van der Waals surface area contributed by atoms with Gasteiger partial charge in [-0.1, -0.05) is 29.8 Å². The highest BCUT2D eigenvalue weighted by Crippen LogP contribution is 2.39. The SMILES string of the molecule is Cc1cccc(CSc2nc(C3CC3)nc(N)c2C)c1. The van der Waals surface area contributed by atoms with E-state index in [4.69, 9.17) is 10.7 Å². The molecule has 0 unspecified atom stereocenters. The first-order valence-corrected chi connectivity index (χ1v) is 7.94. The Labute approximate surface area is 124 Å². The minimum Gasteiger partial charge on any atom is -0.383 e. The number of nitrogen functional groups attached to an aromatic ring is 1. The van der Waals surface area contributed by atoms with E-state index < -0.39 is 0 Å². The summed E-state index contributed by atoms with van der Waals surface area (Å²) in [6.07, 6.45) is 2.40. The zero-order chi connectivity index (χ0) is 14.1. The molecular weight excluding hydrogens is 266 g/mol. The highest BCUT2D eigenvalue weighted by molar-refractivity contribution is 7.98. The first-order chi connectivity index (χ1) is 9.63. The van der Waals surface area contributed by atoms with Crippen molar-refractivity contribution in [2.45, 2.75) is 43.4 Å². The fourth-order valence-electron chi connectivity index (χ4n) is 2.15. The highest BCUT2D eigenvalue weighted by Gasteiger charge is 2.27. The van der Waals surface area contributed by atoms with Gasteiger partial charge in [-0.05, 0) is 32.3 Å². The van der Waals surface area contributed by atoms with Gasteiger partial charge in [0.05, 0.1) is 0 Å². The van der Waals surface area contributed by atoms with Crippen LogP contribution in [-0.2, 0) is 5.75 Å². The van der Waals surface area contributed by atoms with E-state index >= 15 is 0 Å². The molecule has 1 heterocycles. The number of nitrogens with two attached hydrogens (primary N) is 1. The van der Waals surface area contributed by atoms with E-state index in [1.165, 1.54) is 24.0 Å². The van der Waals surface area contributed by atoms with Gasteiger partial charge >= 0.3 is 0 Å². The second-order valence-corrected chi connectivity index (χ2v) is 6.41. The number of hydrogen-bond acceptors (Lipinski definition) is 4. The van der Waals surface area contributed by atoms with Crippen molar-refractivity contribution in [1.29, 1.82) is 0 Å². The zero-order valence-corrected chi connectivity index (χ0v) is 12.7. The number of benzene rings is 1. The molecule has 0 amide bonds. The normalized spacial score (nSPS) is 14.5. The van der Waals surface area contributed by atoms with Gasteiger partial charge in [-0.15, -0.1) is 11.8 Å². The van der Waals surface area contributed by atoms with Crippen LogP contribution in [0.1, 0.15) is 41.3 Å². The van der Waals surface area contributed by atoms with Crippen LogP contribution < -0.4 is 5.73 Å². The smallest absolute Gasteiger partial charge is 0.135 e. The fourth-order valence-corrected chi connectivity index (χ4v) is 3.11. The Morgan fingerprint density at radius 3 is 2.75 bits per heavy atom. The lowest BCUT2D eigenvalue weighted by molar-refractivity contribution is 0.868. The molecule has 1 aliphatic carbocycles. The van der Waals surface area contributed by atoms with E-state index in [0.717, 1.165) is 22.2 Å². The summed E-state index contributed by atoms with van der Waals surface area (Å²) in [5, 5.41) is 1.03. The molecule has 0 atom stereocenters. The van der Waals surface area contributed by atoms with Gasteiger partial charge in [-0.2, -0.15) is 0 Å². The number of hydrogen-bond donors (Lipinski definition) is 1. The molecule has 20 heavy (non-hydrogen) atoms. The molecule has 0 spiro atoms. The third-order valence-corrected chi connectivity index (χ3v) is 4.71. The van der Waals surface area contributed by atoms with Gasteiger partial charge in [0.15, 0.2) is 0 Å². The third-order valence-electron chi connectivity index (χ3n) is 3.56. The van der Waals surface area contributed by atoms with Gasteiger partial charge in [0, 0.05) is 17.2 Å². The van der Waals surface area contributed by atoms with E-state index in [2.05, 4.69) is 36.2 Å². The standard InChI is InChI=1S/C16H19N3S/c1-10-4-3-5-12(8-10)9-20-16-11(2)14(17)18-15(19-16)13-6-7-13/h3-5,8,13H,6-7,9H2,1-2H3,(H2,17,18,19). The van der Waals surface area contributed by atoms with Crippen molar-refractivity contribution in [2.24, 2.45) is 0 Å². The number of thioether (sulfide) groups is 1. The lowest BCUT2D eigenvalue weighted by Gasteiger charge is -2.09. The summed E-state index contributed by atoms with van der Waals surface area (Å²) in [6, 6.07) is 8.59. The summed E-state index contributed by atoms with van der Waals surface area (Å²) in [6.45, 7) is 4.12. The Morgan fingerprint density at radius 2 is 2.05 bits per heavy atom. The largest absolute Gasteiger partial charge is 0.383 e. The van der Waals surface area contributed by atoms with Crippen LogP contribution in [-0.4, -0.2) is 9.97 Å². The third kappa shape index (κ3) is 2.96. The molecule has 1 aromatic heterocycles. The van der Waals surface area contributed by atoms with E-state index in [1.54, 1.807) is 11.8 Å². The summed E-state index contributed by atoms with van der Waals surface area (Å²) in [5.41, 5.74) is 9.63. The number of anilines is 1. The van der Waals surface area contributed by atoms with Crippen molar-refractivity contribution in [1.82, 2.24) is 9.97 Å². The topological polar surface area (TPSA) is 51.8 Å². The van der Waals surface area contributed by atoms with E-state index in [9.17, 15) is 0 Å². The van der Waals surface area contributed by atoms with Crippen molar-refractivity contribution in [3.8, 4) is 0 Å². The maximum Gasteiger partial charge on any atom is 0.135 e. The fraction of sp³-hybridized carbons (Fsp3) is 0.375. The Morgan fingerprint density at radius 1 is 1.25 bits per heavy atom. The van der Waals surface area contributed by atoms with Crippen molar-refractivity contribution in [3.63, 3.8) is 0 Å². The summed E-state index contributed by atoms with van der Waals surface area (Å²) >= 11 is 1.75. The molecule has 1 fully saturated rings. The van der Waals surface area contributed by atoms with Crippen LogP contribution in [0.15, 0.2) is 29.3 Å².